The molecule has 0 fully saturated rings. The number of nitrogens with zero attached hydrogens (tertiary/aromatic N) is 3. The molecular formula is C13H13N3O2S. The molecule has 0 aliphatic carbocycles. The summed E-state index contributed by atoms with van der Waals surface area (Å²) in [6.45, 7) is 0.508. The molecule has 0 spiro atoms. The lowest BCUT2D eigenvalue weighted by Crippen LogP contribution is -2.02. The predicted molar refractivity (Wildman–Crippen MR) is 71.7 cm³/mol. The molecule has 0 radical (unpaired) electrons. The standard InChI is InChI=1S/C13H13N3O2S/c14-7-9-19-10-13-15-12(16-18-13)6-8-17-11-4-2-1-3-5-11/h1-5H,6,8-10H2. The van der Waals surface area contributed by atoms with Crippen molar-refractivity contribution in [1.29, 1.82) is 5.26 Å². The first kappa shape index (κ1) is 13.4. The van der Waals surface area contributed by atoms with Crippen LogP contribution in [0.1, 0.15) is 11.7 Å². The number of aromatic nitrogens is 2. The smallest absolute Gasteiger partial charge is 0.236 e. The summed E-state index contributed by atoms with van der Waals surface area (Å²) in [6.07, 6.45) is 0.599. The monoisotopic (exact) mass is 275 g/mol. The lowest BCUT2D eigenvalue weighted by Gasteiger charge is -2.02. The van der Waals surface area contributed by atoms with Crippen molar-refractivity contribution in [2.24, 2.45) is 0 Å². The summed E-state index contributed by atoms with van der Waals surface area (Å²) in [5.41, 5.74) is 0. The van der Waals surface area contributed by atoms with Crippen LogP contribution in [-0.2, 0) is 12.2 Å². The second-order valence-corrected chi connectivity index (χ2v) is 4.65. The molecule has 0 aliphatic heterocycles. The molecule has 0 unspecified atom stereocenters. The molecule has 1 heterocycles. The van der Waals surface area contributed by atoms with E-state index < -0.39 is 0 Å². The number of thioether (sulfide) groups is 1. The van der Waals surface area contributed by atoms with E-state index in [4.69, 9.17) is 14.5 Å². The fourth-order valence-electron chi connectivity index (χ4n) is 1.41. The molecule has 0 bridgehead atoms. The molecule has 0 atom stereocenters. The second kappa shape index (κ2) is 7.44. The molecule has 0 saturated carbocycles. The number of hydrogen-bond donors (Lipinski definition) is 0. The molecule has 2 aromatic rings. The van der Waals surface area contributed by atoms with E-state index in [-0.39, 0.29) is 0 Å². The fraction of sp³-hybridized carbons (Fsp3) is 0.308. The SMILES string of the molecule is N#CCSCc1nc(CCOc2ccccc2)no1. The fourth-order valence-corrected chi connectivity index (χ4v) is 1.90. The van der Waals surface area contributed by atoms with Crippen LogP contribution in [0.25, 0.3) is 0 Å². The Morgan fingerprint density at radius 2 is 2.16 bits per heavy atom. The van der Waals surface area contributed by atoms with E-state index in [9.17, 15) is 0 Å². The van der Waals surface area contributed by atoms with E-state index in [0.717, 1.165) is 5.75 Å². The molecule has 6 heteroatoms. The Morgan fingerprint density at radius 1 is 1.32 bits per heavy atom. The highest BCUT2D eigenvalue weighted by Gasteiger charge is 2.06. The van der Waals surface area contributed by atoms with Crippen molar-refractivity contribution in [3.8, 4) is 11.8 Å². The van der Waals surface area contributed by atoms with Crippen LogP contribution in [0.3, 0.4) is 0 Å². The van der Waals surface area contributed by atoms with Crippen molar-refractivity contribution in [1.82, 2.24) is 10.1 Å². The number of benzene rings is 1. The average Bonchev–Trinajstić information content (AvgIpc) is 2.88. The van der Waals surface area contributed by atoms with Crippen molar-refractivity contribution in [2.75, 3.05) is 12.4 Å². The molecule has 0 aliphatic rings. The summed E-state index contributed by atoms with van der Waals surface area (Å²) < 4.78 is 10.6. The van der Waals surface area contributed by atoms with Crippen molar-refractivity contribution in [3.63, 3.8) is 0 Å². The normalized spacial score (nSPS) is 10.1. The van der Waals surface area contributed by atoms with Gasteiger partial charge in [0.15, 0.2) is 5.82 Å². The largest absolute Gasteiger partial charge is 0.493 e. The minimum absolute atomic E-state index is 0.425. The lowest BCUT2D eigenvalue weighted by atomic mass is 10.3. The molecular weight excluding hydrogens is 262 g/mol. The first-order valence-electron chi connectivity index (χ1n) is 5.82. The summed E-state index contributed by atoms with van der Waals surface area (Å²) in [4.78, 5) is 4.23. The van der Waals surface area contributed by atoms with Crippen LogP contribution in [0.15, 0.2) is 34.9 Å². The Bertz CT molecular complexity index is 536. The molecule has 1 aromatic heterocycles. The Kier molecular flexibility index (Phi) is 5.26. The Morgan fingerprint density at radius 3 is 2.95 bits per heavy atom. The van der Waals surface area contributed by atoms with E-state index >= 15 is 0 Å². The zero-order chi connectivity index (χ0) is 13.3. The first-order valence-corrected chi connectivity index (χ1v) is 6.98. The van der Waals surface area contributed by atoms with Gasteiger partial charge in [-0.3, -0.25) is 0 Å². The van der Waals surface area contributed by atoms with Crippen molar-refractivity contribution in [2.45, 2.75) is 12.2 Å². The van der Waals surface area contributed by atoms with Gasteiger partial charge in [0.2, 0.25) is 5.89 Å². The number of hydrogen-bond acceptors (Lipinski definition) is 6. The molecule has 0 saturated heterocycles. The maximum absolute atomic E-state index is 8.42. The van der Waals surface area contributed by atoms with Gasteiger partial charge in [0.05, 0.1) is 24.2 Å². The van der Waals surface area contributed by atoms with Crippen molar-refractivity contribution >= 4 is 11.8 Å². The van der Waals surface area contributed by atoms with Gasteiger partial charge in [-0.1, -0.05) is 23.4 Å². The molecule has 5 nitrogen and oxygen atoms in total. The summed E-state index contributed by atoms with van der Waals surface area (Å²) in [7, 11) is 0. The molecule has 98 valence electrons. The molecule has 1 aromatic carbocycles. The van der Waals surface area contributed by atoms with Gasteiger partial charge in [-0.15, -0.1) is 11.8 Å². The van der Waals surface area contributed by atoms with Gasteiger partial charge in [0, 0.05) is 6.42 Å². The topological polar surface area (TPSA) is 71.9 Å². The minimum Gasteiger partial charge on any atom is -0.493 e. The van der Waals surface area contributed by atoms with Gasteiger partial charge in [0.25, 0.3) is 0 Å². The zero-order valence-corrected chi connectivity index (χ0v) is 11.1. The average molecular weight is 275 g/mol. The third-order valence-corrected chi connectivity index (χ3v) is 3.02. The van der Waals surface area contributed by atoms with E-state index in [2.05, 4.69) is 16.2 Å². The first-order chi connectivity index (χ1) is 9.38. The highest BCUT2D eigenvalue weighted by molar-refractivity contribution is 7.98. The number of ether oxygens (including phenoxy) is 1. The highest BCUT2D eigenvalue weighted by atomic mass is 32.2. The van der Waals surface area contributed by atoms with Crippen molar-refractivity contribution in [3.05, 3.63) is 42.0 Å². The van der Waals surface area contributed by atoms with E-state index in [1.54, 1.807) is 0 Å². The highest BCUT2D eigenvalue weighted by Crippen LogP contribution is 2.11. The minimum atomic E-state index is 0.425. The summed E-state index contributed by atoms with van der Waals surface area (Å²) >= 11 is 1.45. The van der Waals surface area contributed by atoms with Gasteiger partial charge < -0.3 is 9.26 Å². The Labute approximate surface area is 115 Å². The third kappa shape index (κ3) is 4.64. The summed E-state index contributed by atoms with van der Waals surface area (Å²) in [5.74, 6) is 3.00. The van der Waals surface area contributed by atoms with E-state index in [1.807, 2.05) is 30.3 Å². The second-order valence-electron chi connectivity index (χ2n) is 3.67. The van der Waals surface area contributed by atoms with Crippen LogP contribution in [0, 0.1) is 11.3 Å². The molecule has 0 N–H and O–H groups in total. The van der Waals surface area contributed by atoms with Gasteiger partial charge >= 0.3 is 0 Å². The maximum atomic E-state index is 8.42. The van der Waals surface area contributed by atoms with Crippen LogP contribution in [0.5, 0.6) is 5.75 Å². The van der Waals surface area contributed by atoms with Crippen LogP contribution in [0.2, 0.25) is 0 Å². The van der Waals surface area contributed by atoms with E-state index in [1.165, 1.54) is 11.8 Å². The quantitative estimate of drug-likeness (QED) is 0.723. The third-order valence-electron chi connectivity index (χ3n) is 2.24. The van der Waals surface area contributed by atoms with Crippen LogP contribution in [-0.4, -0.2) is 22.5 Å². The molecule has 0 amide bonds. The maximum Gasteiger partial charge on any atom is 0.236 e. The predicted octanol–water partition coefficient (Wildman–Crippen LogP) is 2.45. The van der Waals surface area contributed by atoms with Crippen LogP contribution < -0.4 is 4.74 Å². The molecule has 2 rings (SSSR count). The summed E-state index contributed by atoms with van der Waals surface area (Å²) in [6, 6.07) is 11.6. The Hall–Kier alpha value is -2.00. The van der Waals surface area contributed by atoms with Crippen LogP contribution in [0.4, 0.5) is 0 Å². The number of para-hydroxylation sites is 1. The van der Waals surface area contributed by atoms with E-state index in [0.29, 0.717) is 36.2 Å². The van der Waals surface area contributed by atoms with Crippen molar-refractivity contribution < 1.29 is 9.26 Å². The molecule has 19 heavy (non-hydrogen) atoms. The van der Waals surface area contributed by atoms with Gasteiger partial charge in [-0.2, -0.15) is 10.2 Å². The van der Waals surface area contributed by atoms with Gasteiger partial charge in [0.1, 0.15) is 5.75 Å². The van der Waals surface area contributed by atoms with Crippen LogP contribution >= 0.6 is 11.8 Å². The number of nitriles is 1. The lowest BCUT2D eigenvalue weighted by molar-refractivity contribution is 0.314. The van der Waals surface area contributed by atoms with Gasteiger partial charge in [-0.25, -0.2) is 0 Å². The van der Waals surface area contributed by atoms with Gasteiger partial charge in [-0.05, 0) is 12.1 Å². The number of rotatable bonds is 7. The Balaban J connectivity index is 1.73. The zero-order valence-electron chi connectivity index (χ0n) is 10.3. The summed E-state index contributed by atoms with van der Waals surface area (Å²) in [5, 5.41) is 12.3.